The molecule has 0 heterocycles. The van der Waals surface area contributed by atoms with Gasteiger partial charge in [0.15, 0.2) is 12.2 Å². The lowest BCUT2D eigenvalue weighted by atomic mass is 10.2. The van der Waals surface area contributed by atoms with Gasteiger partial charge in [-0.2, -0.15) is 0 Å². The van der Waals surface area contributed by atoms with Crippen LogP contribution in [0.1, 0.15) is 58.6 Å². The molecule has 2 aromatic carbocycles. The van der Waals surface area contributed by atoms with Crippen LogP contribution in [0.3, 0.4) is 0 Å². The number of rotatable bonds is 11. The predicted molar refractivity (Wildman–Crippen MR) is 144 cm³/mol. The third kappa shape index (κ3) is 12.0. The Hall–Kier alpha value is -2.44. The van der Waals surface area contributed by atoms with Gasteiger partial charge in [0.1, 0.15) is 11.5 Å². The van der Waals surface area contributed by atoms with Crippen molar-refractivity contribution in [2.24, 2.45) is 5.92 Å². The molecule has 2 atom stereocenters. The topological polar surface area (TPSA) is 71.1 Å². The highest BCUT2D eigenvalue weighted by Gasteiger charge is 2.18. The van der Waals surface area contributed by atoms with Crippen molar-refractivity contribution in [3.8, 4) is 11.5 Å². The van der Waals surface area contributed by atoms with Crippen LogP contribution in [0.5, 0.6) is 11.5 Å². The summed E-state index contributed by atoms with van der Waals surface area (Å²) in [6, 6.07) is 10.6. The number of esters is 2. The fourth-order valence-corrected chi connectivity index (χ4v) is 3.22. The Kier molecular flexibility index (Phi) is 14.3. The number of benzene rings is 2. The van der Waals surface area contributed by atoms with Gasteiger partial charge in [-0.15, -0.1) is 0 Å². The van der Waals surface area contributed by atoms with Crippen LogP contribution in [0.15, 0.2) is 36.4 Å². The molecule has 6 nitrogen and oxygen atoms in total. The molecule has 0 bridgehead atoms. The number of hydrogen-bond donors (Lipinski definition) is 0. The second-order valence-electron chi connectivity index (χ2n) is 8.88. The molecule has 0 spiro atoms. The maximum atomic E-state index is 11.7. The predicted octanol–water partition coefficient (Wildman–Crippen LogP) is 7.37. The molecule has 36 heavy (non-hydrogen) atoms. The molecule has 2 rings (SSSR count). The highest BCUT2D eigenvalue weighted by atomic mass is 35.5. The minimum absolute atomic E-state index is 0.318. The fraction of sp³-hybridized carbons (Fsp3) is 0.500. The van der Waals surface area contributed by atoms with Crippen molar-refractivity contribution in [2.75, 3.05) is 13.2 Å². The first kappa shape index (κ1) is 31.6. The van der Waals surface area contributed by atoms with Gasteiger partial charge in [-0.3, -0.25) is 0 Å². The van der Waals surface area contributed by atoms with Gasteiger partial charge in [0.2, 0.25) is 0 Å². The van der Waals surface area contributed by atoms with E-state index in [1.807, 2.05) is 34.6 Å². The Morgan fingerprint density at radius 1 is 0.778 bits per heavy atom. The first-order valence-corrected chi connectivity index (χ1v) is 12.9. The molecule has 0 aromatic heterocycles. The van der Waals surface area contributed by atoms with Crippen LogP contribution in [-0.4, -0.2) is 37.4 Å². The summed E-state index contributed by atoms with van der Waals surface area (Å²) in [6.07, 6.45) is 0.641. The number of unbranched alkanes of at least 4 members (excludes halogenated alkanes) is 1. The van der Waals surface area contributed by atoms with Gasteiger partial charge in [-0.25, -0.2) is 9.59 Å². The molecule has 0 saturated carbocycles. The molecular weight excluding hydrogens is 503 g/mol. The molecule has 0 N–H and O–H groups in total. The Balaban J connectivity index is 0.000000360. The minimum Gasteiger partial charge on any atom is -0.479 e. The number of aryl methyl sites for hydroxylation is 2. The highest BCUT2D eigenvalue weighted by Crippen LogP contribution is 2.24. The first-order chi connectivity index (χ1) is 16.9. The first-order valence-electron chi connectivity index (χ1n) is 12.1. The number of ether oxygens (including phenoxy) is 4. The summed E-state index contributed by atoms with van der Waals surface area (Å²) in [5.41, 5.74) is 1.79. The molecule has 2 unspecified atom stereocenters. The van der Waals surface area contributed by atoms with Gasteiger partial charge in [0.05, 0.1) is 13.2 Å². The average molecular weight is 542 g/mol. The second kappa shape index (κ2) is 16.3. The van der Waals surface area contributed by atoms with Crippen molar-refractivity contribution in [3.05, 3.63) is 57.6 Å². The maximum absolute atomic E-state index is 11.7. The van der Waals surface area contributed by atoms with E-state index in [-0.39, 0.29) is 11.9 Å². The maximum Gasteiger partial charge on any atom is 0.347 e. The van der Waals surface area contributed by atoms with E-state index < -0.39 is 12.2 Å². The Morgan fingerprint density at radius 3 is 1.61 bits per heavy atom. The highest BCUT2D eigenvalue weighted by molar-refractivity contribution is 6.31. The Morgan fingerprint density at radius 2 is 1.22 bits per heavy atom. The summed E-state index contributed by atoms with van der Waals surface area (Å²) in [4.78, 5) is 23.3. The van der Waals surface area contributed by atoms with E-state index >= 15 is 0 Å². The van der Waals surface area contributed by atoms with Gasteiger partial charge in [-0.1, -0.05) is 50.4 Å². The summed E-state index contributed by atoms with van der Waals surface area (Å²) in [6.45, 7) is 14.0. The van der Waals surface area contributed by atoms with Crippen molar-refractivity contribution in [1.82, 2.24) is 0 Å². The SMILES string of the molecule is CCCCOC(=O)C(C)Oc1ccc(Cl)cc1C.Cc1cc(Cl)ccc1OC(C)C(=O)OCC(C)C. The third-order valence-corrected chi connectivity index (χ3v) is 5.32. The zero-order valence-electron chi connectivity index (χ0n) is 22.2. The standard InChI is InChI=1S/2C14H19ClO3/c1-9(2)8-17-14(16)11(4)18-13-6-5-12(15)7-10(13)3;1-4-5-8-17-14(16)11(3)18-13-7-6-12(15)9-10(13)2/h5-7,9,11H,8H2,1-4H3;6-7,9,11H,4-5,8H2,1-3H3. The minimum atomic E-state index is -0.622. The lowest BCUT2D eigenvalue weighted by Gasteiger charge is -2.16. The lowest BCUT2D eigenvalue weighted by molar-refractivity contribution is -0.152. The van der Waals surface area contributed by atoms with E-state index in [1.54, 1.807) is 50.2 Å². The monoisotopic (exact) mass is 540 g/mol. The van der Waals surface area contributed by atoms with Gasteiger partial charge < -0.3 is 18.9 Å². The van der Waals surface area contributed by atoms with Crippen molar-refractivity contribution < 1.29 is 28.5 Å². The number of carbonyl (C=O) groups excluding carboxylic acids is 2. The van der Waals surface area contributed by atoms with Crippen LogP contribution in [-0.2, 0) is 19.1 Å². The number of carbonyl (C=O) groups is 2. The van der Waals surface area contributed by atoms with E-state index in [0.717, 1.165) is 24.0 Å². The summed E-state index contributed by atoms with van der Waals surface area (Å²) in [5, 5.41) is 1.30. The quantitative estimate of drug-likeness (QED) is 0.218. The van der Waals surface area contributed by atoms with Crippen LogP contribution in [0.25, 0.3) is 0 Å². The van der Waals surface area contributed by atoms with E-state index in [2.05, 4.69) is 0 Å². The van der Waals surface area contributed by atoms with Gasteiger partial charge >= 0.3 is 11.9 Å². The van der Waals surface area contributed by atoms with Crippen LogP contribution in [0, 0.1) is 19.8 Å². The van der Waals surface area contributed by atoms with Gasteiger partial charge in [0, 0.05) is 10.0 Å². The molecule has 0 fully saturated rings. The van der Waals surface area contributed by atoms with Crippen LogP contribution < -0.4 is 9.47 Å². The molecule has 0 aliphatic heterocycles. The molecule has 0 amide bonds. The molecule has 200 valence electrons. The summed E-state index contributed by atoms with van der Waals surface area (Å²) in [7, 11) is 0. The largest absolute Gasteiger partial charge is 0.479 e. The lowest BCUT2D eigenvalue weighted by Crippen LogP contribution is -2.27. The van der Waals surface area contributed by atoms with E-state index in [4.69, 9.17) is 42.1 Å². The van der Waals surface area contributed by atoms with Gasteiger partial charge in [-0.05, 0) is 87.6 Å². The molecule has 0 aliphatic carbocycles. The Bertz CT molecular complexity index is 977. The molecule has 2 aromatic rings. The van der Waals surface area contributed by atoms with Crippen molar-refractivity contribution in [2.45, 2.75) is 73.5 Å². The van der Waals surface area contributed by atoms with Crippen LogP contribution in [0.4, 0.5) is 0 Å². The second-order valence-corrected chi connectivity index (χ2v) is 9.76. The normalized spacial score (nSPS) is 12.2. The fourth-order valence-electron chi connectivity index (χ4n) is 2.77. The van der Waals surface area contributed by atoms with E-state index in [0.29, 0.717) is 40.7 Å². The van der Waals surface area contributed by atoms with Crippen LogP contribution in [0.2, 0.25) is 10.0 Å². The Labute approximate surface area is 225 Å². The summed E-state index contributed by atoms with van der Waals surface area (Å²) in [5.74, 6) is 0.932. The average Bonchev–Trinajstić information content (AvgIpc) is 2.81. The molecule has 8 heteroatoms. The smallest absolute Gasteiger partial charge is 0.347 e. The van der Waals surface area contributed by atoms with E-state index in [1.165, 1.54) is 0 Å². The molecule has 0 aliphatic rings. The van der Waals surface area contributed by atoms with Crippen molar-refractivity contribution in [1.29, 1.82) is 0 Å². The number of hydrogen-bond acceptors (Lipinski definition) is 6. The summed E-state index contributed by atoms with van der Waals surface area (Å²) < 4.78 is 21.3. The van der Waals surface area contributed by atoms with E-state index in [9.17, 15) is 9.59 Å². The zero-order valence-corrected chi connectivity index (χ0v) is 23.7. The third-order valence-electron chi connectivity index (χ3n) is 4.85. The van der Waals surface area contributed by atoms with Crippen LogP contribution >= 0.6 is 23.2 Å². The van der Waals surface area contributed by atoms with Crippen molar-refractivity contribution in [3.63, 3.8) is 0 Å². The molecule has 0 radical (unpaired) electrons. The van der Waals surface area contributed by atoms with Crippen molar-refractivity contribution >= 4 is 35.1 Å². The summed E-state index contributed by atoms with van der Waals surface area (Å²) >= 11 is 11.7. The zero-order chi connectivity index (χ0) is 27.3. The molecule has 0 saturated heterocycles. The number of halogens is 2. The molecular formula is C28H38Cl2O6. The van der Waals surface area contributed by atoms with Gasteiger partial charge in [0.25, 0.3) is 0 Å².